The fraction of sp³-hybridized carbons (Fsp3) is 0.471. The van der Waals surface area contributed by atoms with Crippen LogP contribution >= 0.6 is 0 Å². The second-order valence-electron chi connectivity index (χ2n) is 5.76. The summed E-state index contributed by atoms with van der Waals surface area (Å²) in [5.74, 6) is 5.52. The van der Waals surface area contributed by atoms with Gasteiger partial charge in [0.2, 0.25) is 0 Å². The van der Waals surface area contributed by atoms with E-state index in [4.69, 9.17) is 5.11 Å². The molecule has 1 saturated heterocycles. The predicted molar refractivity (Wildman–Crippen MR) is 77.1 cm³/mol. The first-order chi connectivity index (χ1) is 10.2. The monoisotopic (exact) mass is 287 g/mol. The average molecular weight is 287 g/mol. The summed E-state index contributed by atoms with van der Waals surface area (Å²) in [7, 11) is 0. The van der Waals surface area contributed by atoms with Gasteiger partial charge in [0.1, 0.15) is 5.82 Å². The number of hydrogen-bond acceptors (Lipinski definition) is 2. The number of hydrogen-bond donors (Lipinski definition) is 1. The molecule has 4 heteroatoms. The molecule has 1 saturated carbocycles. The quantitative estimate of drug-likeness (QED) is 0.847. The zero-order valence-corrected chi connectivity index (χ0v) is 11.8. The zero-order valence-electron chi connectivity index (χ0n) is 11.8. The van der Waals surface area contributed by atoms with Crippen molar-refractivity contribution in [2.75, 3.05) is 13.2 Å². The molecule has 2 fully saturated rings. The minimum absolute atomic E-state index is 0.00315. The van der Waals surface area contributed by atoms with Crippen LogP contribution in [0.15, 0.2) is 18.2 Å². The number of piperidine rings is 1. The van der Waals surface area contributed by atoms with Gasteiger partial charge in [-0.15, -0.1) is 0 Å². The number of fused-ring (bicyclic) bond motifs is 2. The lowest BCUT2D eigenvalue weighted by Crippen LogP contribution is -2.38. The first-order valence-electron chi connectivity index (χ1n) is 7.39. The molecule has 1 amide bonds. The number of benzene rings is 1. The third-order valence-electron chi connectivity index (χ3n) is 4.34. The molecule has 3 nitrogen and oxygen atoms in total. The van der Waals surface area contributed by atoms with Crippen LogP contribution in [-0.4, -0.2) is 35.1 Å². The Hall–Kier alpha value is -1.86. The highest BCUT2D eigenvalue weighted by molar-refractivity contribution is 5.95. The number of likely N-dealkylation sites (tertiary alicyclic amines) is 1. The van der Waals surface area contributed by atoms with E-state index in [1.54, 1.807) is 6.07 Å². The number of halogens is 1. The van der Waals surface area contributed by atoms with Gasteiger partial charge in [0.15, 0.2) is 0 Å². The number of rotatable bonds is 2. The fourth-order valence-electron chi connectivity index (χ4n) is 3.32. The average Bonchev–Trinajstić information content (AvgIpc) is 3.11. The smallest absolute Gasteiger partial charge is 0.257 e. The summed E-state index contributed by atoms with van der Waals surface area (Å²) in [6.07, 6.45) is 3.65. The summed E-state index contributed by atoms with van der Waals surface area (Å²) >= 11 is 0. The van der Waals surface area contributed by atoms with Gasteiger partial charge in [-0.1, -0.05) is 11.8 Å². The van der Waals surface area contributed by atoms with Crippen LogP contribution in [0.25, 0.3) is 0 Å². The Morgan fingerprint density at radius 1 is 1.43 bits per heavy atom. The van der Waals surface area contributed by atoms with E-state index in [2.05, 4.69) is 11.8 Å². The lowest BCUT2D eigenvalue weighted by atomic mass is 10.1. The Morgan fingerprint density at radius 2 is 2.29 bits per heavy atom. The third-order valence-corrected chi connectivity index (χ3v) is 4.34. The molecular weight excluding hydrogens is 269 g/mol. The van der Waals surface area contributed by atoms with E-state index < -0.39 is 5.82 Å². The molecule has 2 unspecified atom stereocenters. The molecule has 1 heterocycles. The summed E-state index contributed by atoms with van der Waals surface area (Å²) in [4.78, 5) is 14.4. The van der Waals surface area contributed by atoms with E-state index >= 15 is 0 Å². The molecule has 0 radical (unpaired) electrons. The summed E-state index contributed by atoms with van der Waals surface area (Å²) in [6, 6.07) is 4.66. The van der Waals surface area contributed by atoms with Gasteiger partial charge in [-0.2, -0.15) is 0 Å². The van der Waals surface area contributed by atoms with Crippen molar-refractivity contribution in [2.24, 2.45) is 5.92 Å². The fourth-order valence-corrected chi connectivity index (χ4v) is 3.32. The van der Waals surface area contributed by atoms with Crippen molar-refractivity contribution in [3.8, 4) is 11.8 Å². The number of aliphatic hydroxyl groups excluding tert-OH is 1. The van der Waals surface area contributed by atoms with Gasteiger partial charge in [0.25, 0.3) is 5.91 Å². The largest absolute Gasteiger partial charge is 0.395 e. The molecule has 21 heavy (non-hydrogen) atoms. The van der Waals surface area contributed by atoms with Crippen molar-refractivity contribution in [1.29, 1.82) is 0 Å². The molecule has 0 spiro atoms. The molecule has 1 aliphatic heterocycles. The van der Waals surface area contributed by atoms with E-state index in [1.807, 2.05) is 4.90 Å². The molecule has 2 aliphatic rings. The second kappa shape index (κ2) is 5.87. The van der Waals surface area contributed by atoms with Crippen LogP contribution in [0.4, 0.5) is 4.39 Å². The van der Waals surface area contributed by atoms with Gasteiger partial charge < -0.3 is 10.0 Å². The van der Waals surface area contributed by atoms with Gasteiger partial charge >= 0.3 is 0 Å². The number of nitrogens with zero attached hydrogens (tertiary/aromatic N) is 1. The Labute approximate surface area is 123 Å². The van der Waals surface area contributed by atoms with Crippen molar-refractivity contribution >= 4 is 5.91 Å². The standard InChI is InChI=1S/C17H18FNO2/c18-16-7-5-12(3-1-2-8-20)10-15(16)17(21)19-11-13-4-6-14(19)9-13/h5,7,10,13-14,20H,2,4,6,8-9,11H2. The number of carbonyl (C=O) groups excluding carboxylic acids is 1. The molecule has 1 N–H and O–H groups in total. The van der Waals surface area contributed by atoms with Gasteiger partial charge in [-0.25, -0.2) is 4.39 Å². The summed E-state index contributed by atoms with van der Waals surface area (Å²) in [5.41, 5.74) is 0.718. The SMILES string of the molecule is O=C(c1cc(C#CCCO)ccc1F)N1CC2CCC1C2. The summed E-state index contributed by atoms with van der Waals surface area (Å²) in [6.45, 7) is 0.750. The Kier molecular flexibility index (Phi) is 3.94. The Balaban J connectivity index is 1.82. The van der Waals surface area contributed by atoms with Crippen molar-refractivity contribution in [1.82, 2.24) is 4.90 Å². The van der Waals surface area contributed by atoms with Crippen LogP contribution in [-0.2, 0) is 0 Å². The normalized spacial score (nSPS) is 23.0. The maximum absolute atomic E-state index is 14.0. The number of carbonyl (C=O) groups is 1. The first-order valence-corrected chi connectivity index (χ1v) is 7.39. The first kappa shape index (κ1) is 14.1. The van der Waals surface area contributed by atoms with E-state index in [1.165, 1.54) is 18.6 Å². The maximum atomic E-state index is 14.0. The lowest BCUT2D eigenvalue weighted by Gasteiger charge is -2.27. The summed E-state index contributed by atoms with van der Waals surface area (Å²) in [5, 5.41) is 8.71. The molecule has 110 valence electrons. The minimum atomic E-state index is -0.490. The predicted octanol–water partition coefficient (Wildman–Crippen LogP) is 2.18. The molecule has 2 atom stereocenters. The Bertz CT molecular complexity index is 617. The van der Waals surface area contributed by atoms with Gasteiger partial charge in [-0.3, -0.25) is 4.79 Å². The lowest BCUT2D eigenvalue weighted by molar-refractivity contribution is 0.0699. The van der Waals surface area contributed by atoms with Crippen LogP contribution in [0.3, 0.4) is 0 Å². The molecule has 1 aliphatic carbocycles. The highest BCUT2D eigenvalue weighted by Gasteiger charge is 2.40. The number of aliphatic hydroxyl groups is 1. The van der Waals surface area contributed by atoms with Crippen molar-refractivity contribution in [3.05, 3.63) is 35.1 Å². The number of amides is 1. The van der Waals surface area contributed by atoms with E-state index in [0.29, 0.717) is 17.9 Å². The van der Waals surface area contributed by atoms with Crippen molar-refractivity contribution in [2.45, 2.75) is 31.7 Å². The van der Waals surface area contributed by atoms with E-state index in [0.717, 1.165) is 19.4 Å². The van der Waals surface area contributed by atoms with E-state index in [9.17, 15) is 9.18 Å². The molecule has 1 aromatic rings. The molecular formula is C17H18FNO2. The second-order valence-corrected chi connectivity index (χ2v) is 5.76. The van der Waals surface area contributed by atoms with Crippen LogP contribution in [0.1, 0.15) is 41.6 Å². The molecule has 2 bridgehead atoms. The third kappa shape index (κ3) is 2.79. The molecule has 1 aromatic carbocycles. The topological polar surface area (TPSA) is 40.5 Å². The van der Waals surface area contributed by atoms with Crippen LogP contribution in [0, 0.1) is 23.6 Å². The van der Waals surface area contributed by atoms with Crippen molar-refractivity contribution in [3.63, 3.8) is 0 Å². The van der Waals surface area contributed by atoms with Gasteiger partial charge in [0.05, 0.1) is 12.2 Å². The van der Waals surface area contributed by atoms with Gasteiger partial charge in [0, 0.05) is 24.6 Å². The molecule has 3 rings (SSSR count). The Morgan fingerprint density at radius 3 is 2.95 bits per heavy atom. The van der Waals surface area contributed by atoms with Gasteiger partial charge in [-0.05, 0) is 43.4 Å². The van der Waals surface area contributed by atoms with Crippen LogP contribution in [0.2, 0.25) is 0 Å². The van der Waals surface area contributed by atoms with E-state index in [-0.39, 0.29) is 24.1 Å². The van der Waals surface area contributed by atoms with Crippen LogP contribution in [0.5, 0.6) is 0 Å². The van der Waals surface area contributed by atoms with Crippen molar-refractivity contribution < 1.29 is 14.3 Å². The highest BCUT2D eigenvalue weighted by Crippen LogP contribution is 2.38. The summed E-state index contributed by atoms with van der Waals surface area (Å²) < 4.78 is 14.0. The van der Waals surface area contributed by atoms with Crippen LogP contribution < -0.4 is 0 Å². The minimum Gasteiger partial charge on any atom is -0.395 e. The maximum Gasteiger partial charge on any atom is 0.257 e. The molecule has 0 aromatic heterocycles. The highest BCUT2D eigenvalue weighted by atomic mass is 19.1. The zero-order chi connectivity index (χ0) is 14.8.